The number of halogens is 4. The molecule has 2 atom stereocenters. The summed E-state index contributed by atoms with van der Waals surface area (Å²) in [6, 6.07) is 8.48. The molecule has 2 unspecified atom stereocenters. The zero-order valence-electron chi connectivity index (χ0n) is 16.1. The van der Waals surface area contributed by atoms with Crippen LogP contribution < -0.4 is 5.32 Å². The van der Waals surface area contributed by atoms with Gasteiger partial charge in [-0.3, -0.25) is 4.90 Å². The number of anilines is 1. The molecular formula is C21H25F3IN3O. The Hall–Kier alpha value is -1.00. The molecule has 4 aliphatic rings. The summed E-state index contributed by atoms with van der Waals surface area (Å²) in [5, 5.41) is 4.50. The van der Waals surface area contributed by atoms with Crippen molar-refractivity contribution in [1.82, 2.24) is 9.47 Å². The fraction of sp³-hybridized carbons (Fsp3) is 0.619. The summed E-state index contributed by atoms with van der Waals surface area (Å²) in [6.07, 6.45) is 2.41. The van der Waals surface area contributed by atoms with Crippen molar-refractivity contribution < 1.29 is 17.9 Å². The van der Waals surface area contributed by atoms with Gasteiger partial charge in [-0.25, -0.2) is 0 Å². The maximum Gasteiger partial charge on any atom is 0.406 e. The molecule has 1 N–H and O–H groups in total. The van der Waals surface area contributed by atoms with Gasteiger partial charge in [0.15, 0.2) is 0 Å². The number of alkyl halides is 3. The van der Waals surface area contributed by atoms with Crippen molar-refractivity contribution in [2.75, 3.05) is 18.4 Å². The number of piperidine rings is 1. The van der Waals surface area contributed by atoms with E-state index in [1.54, 1.807) is 6.07 Å². The first kappa shape index (κ1) is 19.9. The van der Waals surface area contributed by atoms with Crippen LogP contribution >= 0.6 is 22.6 Å². The number of hydrogen-bond donors (Lipinski definition) is 1. The van der Waals surface area contributed by atoms with Crippen LogP contribution in [0.3, 0.4) is 0 Å². The quantitative estimate of drug-likeness (QED) is 0.577. The summed E-state index contributed by atoms with van der Waals surface area (Å²) in [5.74, 6) is 0. The van der Waals surface area contributed by atoms with Crippen LogP contribution in [0, 0.1) is 3.70 Å². The number of morpholine rings is 1. The van der Waals surface area contributed by atoms with Gasteiger partial charge < -0.3 is 14.6 Å². The van der Waals surface area contributed by atoms with E-state index in [4.69, 9.17) is 4.74 Å². The largest absolute Gasteiger partial charge is 0.406 e. The van der Waals surface area contributed by atoms with Gasteiger partial charge in [-0.2, -0.15) is 13.2 Å². The van der Waals surface area contributed by atoms with E-state index >= 15 is 0 Å². The minimum Gasteiger partial charge on any atom is -0.382 e. The predicted octanol–water partition coefficient (Wildman–Crippen LogP) is 5.00. The molecule has 1 aliphatic carbocycles. The average Bonchev–Trinajstić information content (AvgIpc) is 2.97. The number of nitrogens with one attached hydrogen (secondary N) is 1. The summed E-state index contributed by atoms with van der Waals surface area (Å²) < 4.78 is 46.6. The molecule has 8 heteroatoms. The Morgan fingerprint density at radius 1 is 1.10 bits per heavy atom. The van der Waals surface area contributed by atoms with E-state index in [0.29, 0.717) is 33.5 Å². The second-order valence-electron chi connectivity index (χ2n) is 8.63. The molecular weight excluding hydrogens is 494 g/mol. The molecule has 4 fully saturated rings. The number of ether oxygens (including phenoxy) is 1. The standard InChI is InChI=1S/C21H25F3IN3O/c22-21(23,24)12-28-19-3-1-2-18(17(19)9-20(28)25)26-13-4-6-14(7-5-13)27-10-15-8-16(11-27)29-15/h1-3,9,13-16,26H,4-8,10-12H2. The Balaban J connectivity index is 1.26. The second kappa shape index (κ2) is 7.60. The van der Waals surface area contributed by atoms with Gasteiger partial charge in [0.1, 0.15) is 6.54 Å². The fourth-order valence-electron chi connectivity index (χ4n) is 5.21. The van der Waals surface area contributed by atoms with Crippen molar-refractivity contribution in [1.29, 1.82) is 0 Å². The lowest BCUT2D eigenvalue weighted by atomic mass is 9.87. The van der Waals surface area contributed by atoms with Crippen molar-refractivity contribution in [3.63, 3.8) is 0 Å². The molecule has 29 heavy (non-hydrogen) atoms. The van der Waals surface area contributed by atoms with Gasteiger partial charge in [0.2, 0.25) is 0 Å². The number of aromatic nitrogens is 1. The van der Waals surface area contributed by atoms with E-state index in [1.807, 2.05) is 40.8 Å². The van der Waals surface area contributed by atoms with E-state index in [1.165, 1.54) is 23.8 Å². The third-order valence-corrected chi connectivity index (χ3v) is 7.49. The highest BCUT2D eigenvalue weighted by Gasteiger charge is 2.41. The van der Waals surface area contributed by atoms with Gasteiger partial charge in [0.05, 0.1) is 21.4 Å². The Bertz CT molecular complexity index is 875. The highest BCUT2D eigenvalue weighted by Crippen LogP contribution is 2.35. The fourth-order valence-corrected chi connectivity index (χ4v) is 5.95. The van der Waals surface area contributed by atoms with E-state index < -0.39 is 12.7 Å². The number of nitrogens with zero attached hydrogens (tertiary/aromatic N) is 2. The SMILES string of the molecule is FC(F)(F)Cn1c(I)cc2c(NC3CCC(N4CC5CC(C4)O5)CC3)cccc21. The molecule has 6 rings (SSSR count). The Kier molecular flexibility index (Phi) is 5.23. The number of benzene rings is 1. The second-order valence-corrected chi connectivity index (χ2v) is 9.73. The van der Waals surface area contributed by atoms with Gasteiger partial charge >= 0.3 is 6.18 Å². The van der Waals surface area contributed by atoms with Crippen molar-refractivity contribution in [3.8, 4) is 0 Å². The first-order chi connectivity index (χ1) is 13.9. The molecule has 3 saturated heterocycles. The lowest BCUT2D eigenvalue weighted by Crippen LogP contribution is -2.60. The molecule has 2 aromatic rings. The van der Waals surface area contributed by atoms with Crippen LogP contribution in [0.5, 0.6) is 0 Å². The van der Waals surface area contributed by atoms with Gasteiger partial charge in [0.25, 0.3) is 0 Å². The van der Waals surface area contributed by atoms with Crippen LogP contribution in [0.15, 0.2) is 24.3 Å². The molecule has 0 amide bonds. The van der Waals surface area contributed by atoms with Crippen molar-refractivity contribution >= 4 is 39.2 Å². The van der Waals surface area contributed by atoms with Crippen molar-refractivity contribution in [2.45, 2.75) is 69.1 Å². The van der Waals surface area contributed by atoms with Gasteiger partial charge in [-0.15, -0.1) is 0 Å². The Morgan fingerprint density at radius 2 is 1.79 bits per heavy atom. The third-order valence-electron chi connectivity index (χ3n) is 6.59. The van der Waals surface area contributed by atoms with Crippen molar-refractivity contribution in [3.05, 3.63) is 28.0 Å². The van der Waals surface area contributed by atoms with E-state index in [2.05, 4.69) is 10.2 Å². The Labute approximate surface area is 181 Å². The van der Waals surface area contributed by atoms with E-state index in [9.17, 15) is 13.2 Å². The van der Waals surface area contributed by atoms with Gasteiger partial charge in [0, 0.05) is 42.7 Å². The van der Waals surface area contributed by atoms with Crippen LogP contribution in [0.4, 0.5) is 18.9 Å². The first-order valence-electron chi connectivity index (χ1n) is 10.4. The Morgan fingerprint density at radius 3 is 2.45 bits per heavy atom. The molecule has 1 aromatic carbocycles. The highest BCUT2D eigenvalue weighted by atomic mass is 127. The summed E-state index contributed by atoms with van der Waals surface area (Å²) >= 11 is 1.99. The molecule has 158 valence electrons. The van der Waals surface area contributed by atoms with Crippen LogP contribution in [-0.2, 0) is 11.3 Å². The molecule has 0 spiro atoms. The predicted molar refractivity (Wildman–Crippen MR) is 115 cm³/mol. The van der Waals surface area contributed by atoms with E-state index in [-0.39, 0.29) is 0 Å². The molecule has 0 radical (unpaired) electrons. The van der Waals surface area contributed by atoms with Crippen LogP contribution in [-0.4, -0.2) is 53.0 Å². The maximum absolute atomic E-state index is 13.0. The third kappa shape index (κ3) is 4.12. The summed E-state index contributed by atoms with van der Waals surface area (Å²) in [5.41, 5.74) is 1.58. The van der Waals surface area contributed by atoms with E-state index in [0.717, 1.165) is 37.0 Å². The van der Waals surface area contributed by atoms with Crippen LogP contribution in [0.1, 0.15) is 32.1 Å². The van der Waals surface area contributed by atoms with Crippen LogP contribution in [0.25, 0.3) is 10.9 Å². The number of rotatable bonds is 4. The zero-order chi connectivity index (χ0) is 20.2. The molecule has 4 nitrogen and oxygen atoms in total. The minimum atomic E-state index is -4.23. The molecule has 1 saturated carbocycles. The monoisotopic (exact) mass is 519 g/mol. The van der Waals surface area contributed by atoms with Crippen LogP contribution in [0.2, 0.25) is 0 Å². The topological polar surface area (TPSA) is 29.4 Å². The zero-order valence-corrected chi connectivity index (χ0v) is 18.2. The minimum absolute atomic E-state index is 0.371. The molecule has 3 aliphatic heterocycles. The molecule has 4 heterocycles. The summed E-state index contributed by atoms with van der Waals surface area (Å²) in [4.78, 5) is 2.61. The summed E-state index contributed by atoms with van der Waals surface area (Å²) in [7, 11) is 0. The molecule has 1 aromatic heterocycles. The lowest BCUT2D eigenvalue weighted by Gasteiger charge is -2.50. The van der Waals surface area contributed by atoms with Crippen molar-refractivity contribution in [2.24, 2.45) is 0 Å². The lowest BCUT2D eigenvalue weighted by molar-refractivity contribution is -0.189. The average molecular weight is 519 g/mol. The van der Waals surface area contributed by atoms with Gasteiger partial charge in [-0.1, -0.05) is 6.07 Å². The smallest absolute Gasteiger partial charge is 0.382 e. The maximum atomic E-state index is 13.0. The number of hydrogen-bond acceptors (Lipinski definition) is 3. The summed E-state index contributed by atoms with van der Waals surface area (Å²) in [6.45, 7) is 1.19. The molecule has 2 bridgehead atoms. The highest BCUT2D eigenvalue weighted by molar-refractivity contribution is 14.1. The van der Waals surface area contributed by atoms with Gasteiger partial charge in [-0.05, 0) is 66.5 Å². The normalized spacial score (nSPS) is 30.3. The number of fused-ring (bicyclic) bond motifs is 3. The first-order valence-corrected chi connectivity index (χ1v) is 11.4.